The monoisotopic (exact) mass is 477 g/mol. The van der Waals surface area contributed by atoms with Crippen molar-refractivity contribution in [2.45, 2.75) is 54.4 Å². The number of nitrogens with one attached hydrogen (secondary N) is 1. The van der Waals surface area contributed by atoms with Gasteiger partial charge in [0.05, 0.1) is 17.4 Å². The van der Waals surface area contributed by atoms with Crippen molar-refractivity contribution in [3.05, 3.63) is 41.2 Å². The van der Waals surface area contributed by atoms with Gasteiger partial charge in [0, 0.05) is 49.9 Å². The van der Waals surface area contributed by atoms with Crippen LogP contribution in [0.15, 0.2) is 18.7 Å². The molecule has 5 rings (SSSR count). The molecule has 7 nitrogen and oxygen atoms in total. The maximum atomic E-state index is 16.2. The van der Waals surface area contributed by atoms with Gasteiger partial charge in [-0.05, 0) is 41.9 Å². The minimum absolute atomic E-state index is 0.123. The van der Waals surface area contributed by atoms with Gasteiger partial charge in [-0.25, -0.2) is 18.9 Å². The Kier molecular flexibility index (Phi) is 5.82. The van der Waals surface area contributed by atoms with Gasteiger partial charge in [-0.15, -0.1) is 0 Å². The van der Waals surface area contributed by atoms with Gasteiger partial charge >= 0.3 is 0 Å². The maximum absolute atomic E-state index is 16.2. The van der Waals surface area contributed by atoms with Crippen LogP contribution in [0.25, 0.3) is 27.8 Å². The number of fused-ring (bicyclic) bond motifs is 2. The first-order valence-corrected chi connectivity index (χ1v) is 12.5. The fourth-order valence-corrected chi connectivity index (χ4v) is 5.41. The lowest BCUT2D eigenvalue weighted by atomic mass is 9.94. The topological polar surface area (TPSA) is 65.4 Å². The van der Waals surface area contributed by atoms with Crippen molar-refractivity contribution in [2.75, 3.05) is 37.6 Å². The molecule has 4 aromatic rings. The molecule has 1 aliphatic heterocycles. The molecule has 0 atom stereocenters. The summed E-state index contributed by atoms with van der Waals surface area (Å²) >= 11 is 0. The number of halogens is 1. The smallest absolute Gasteiger partial charge is 0.175 e. The molecule has 0 saturated carbocycles. The molecule has 1 fully saturated rings. The van der Waals surface area contributed by atoms with E-state index in [1.807, 2.05) is 6.20 Å². The molecule has 1 N–H and O–H groups in total. The summed E-state index contributed by atoms with van der Waals surface area (Å²) in [5.74, 6) is 0.354. The van der Waals surface area contributed by atoms with Crippen molar-refractivity contribution in [1.29, 1.82) is 0 Å². The van der Waals surface area contributed by atoms with Gasteiger partial charge in [-0.3, -0.25) is 4.90 Å². The molecule has 0 aromatic carbocycles. The Hall–Kier alpha value is -3.00. The first-order valence-electron chi connectivity index (χ1n) is 12.5. The zero-order valence-electron chi connectivity index (χ0n) is 21.9. The van der Waals surface area contributed by atoms with Crippen molar-refractivity contribution < 1.29 is 4.39 Å². The molecular weight excluding hydrogens is 441 g/mol. The van der Waals surface area contributed by atoms with Crippen molar-refractivity contribution in [3.63, 3.8) is 0 Å². The van der Waals surface area contributed by atoms with E-state index < -0.39 is 0 Å². The van der Waals surface area contributed by atoms with Crippen LogP contribution in [0.1, 0.15) is 57.2 Å². The lowest BCUT2D eigenvalue weighted by Crippen LogP contribution is -2.49. The number of anilines is 1. The highest BCUT2D eigenvalue weighted by Crippen LogP contribution is 2.40. The predicted molar refractivity (Wildman–Crippen MR) is 140 cm³/mol. The van der Waals surface area contributed by atoms with E-state index in [4.69, 9.17) is 0 Å². The molecule has 1 saturated heterocycles. The minimum atomic E-state index is -0.228. The van der Waals surface area contributed by atoms with Crippen LogP contribution in [0.2, 0.25) is 0 Å². The van der Waals surface area contributed by atoms with Gasteiger partial charge in [-0.1, -0.05) is 34.6 Å². The molecule has 0 spiro atoms. The van der Waals surface area contributed by atoms with Crippen molar-refractivity contribution >= 4 is 22.4 Å². The zero-order valence-corrected chi connectivity index (χ0v) is 21.9. The summed E-state index contributed by atoms with van der Waals surface area (Å²) in [4.78, 5) is 17.0. The Balaban J connectivity index is 1.57. The molecule has 0 unspecified atom stereocenters. The van der Waals surface area contributed by atoms with Crippen LogP contribution >= 0.6 is 0 Å². The summed E-state index contributed by atoms with van der Waals surface area (Å²) in [6.45, 7) is 19.6. The maximum Gasteiger partial charge on any atom is 0.175 e. The fraction of sp³-hybridized carbons (Fsp3) is 0.519. The van der Waals surface area contributed by atoms with Gasteiger partial charge in [0.2, 0.25) is 0 Å². The molecule has 0 bridgehead atoms. The lowest BCUT2D eigenvalue weighted by molar-refractivity contribution is 0.182. The van der Waals surface area contributed by atoms with Gasteiger partial charge in [0.1, 0.15) is 6.33 Å². The molecule has 0 radical (unpaired) electrons. The Morgan fingerprint density at radius 1 is 1.06 bits per heavy atom. The van der Waals surface area contributed by atoms with E-state index in [2.05, 4.69) is 78.3 Å². The Labute approximate surface area is 206 Å². The largest absolute Gasteiger partial charge is 0.353 e. The highest BCUT2D eigenvalue weighted by atomic mass is 19.1. The van der Waals surface area contributed by atoms with Gasteiger partial charge < -0.3 is 9.88 Å². The van der Waals surface area contributed by atoms with E-state index in [1.54, 1.807) is 17.0 Å². The van der Waals surface area contributed by atoms with E-state index in [0.717, 1.165) is 71.8 Å². The quantitative estimate of drug-likeness (QED) is 0.431. The number of rotatable bonds is 4. The van der Waals surface area contributed by atoms with E-state index >= 15 is 4.39 Å². The normalized spacial score (nSPS) is 15.7. The summed E-state index contributed by atoms with van der Waals surface area (Å²) in [6.07, 6.45) is 5.35. The second-order valence-electron chi connectivity index (χ2n) is 11.4. The second kappa shape index (κ2) is 8.59. The number of aromatic nitrogens is 5. The third kappa shape index (κ3) is 4.18. The van der Waals surface area contributed by atoms with Gasteiger partial charge in [0.25, 0.3) is 0 Å². The second-order valence-corrected chi connectivity index (χ2v) is 11.4. The van der Waals surface area contributed by atoms with E-state index in [-0.39, 0.29) is 17.2 Å². The molecular formula is C27H36FN7. The van der Waals surface area contributed by atoms with Crippen LogP contribution in [0, 0.1) is 25.1 Å². The highest BCUT2D eigenvalue weighted by molar-refractivity contribution is 5.94. The number of nitrogens with zero attached hydrogens (tertiary/aromatic N) is 6. The molecule has 0 amide bonds. The van der Waals surface area contributed by atoms with E-state index in [0.29, 0.717) is 11.2 Å². The Morgan fingerprint density at radius 3 is 2.43 bits per heavy atom. The van der Waals surface area contributed by atoms with Crippen molar-refractivity contribution in [2.24, 2.45) is 5.41 Å². The van der Waals surface area contributed by atoms with Crippen LogP contribution in [0.3, 0.4) is 0 Å². The van der Waals surface area contributed by atoms with Gasteiger partial charge in [0.15, 0.2) is 17.3 Å². The third-order valence-corrected chi connectivity index (χ3v) is 7.14. The summed E-state index contributed by atoms with van der Waals surface area (Å²) in [7, 11) is 0. The fourth-order valence-electron chi connectivity index (χ4n) is 5.41. The SMILES string of the molecule is Cc1c(-c2[nH]c3cnc(N4CCN(CC(C)(C)C)CC4)c(F)c3c2C(C)C)cn2ncnc2c1C. The number of pyridine rings is 2. The summed E-state index contributed by atoms with van der Waals surface area (Å²) in [5.41, 5.74) is 6.93. The average molecular weight is 478 g/mol. The number of piperazine rings is 1. The Morgan fingerprint density at radius 2 is 1.77 bits per heavy atom. The van der Waals surface area contributed by atoms with Crippen LogP contribution in [0.5, 0.6) is 0 Å². The van der Waals surface area contributed by atoms with Crippen molar-refractivity contribution in [3.8, 4) is 11.3 Å². The lowest BCUT2D eigenvalue weighted by Gasteiger charge is -2.38. The number of aromatic amines is 1. The average Bonchev–Trinajstić information content (AvgIpc) is 3.41. The molecule has 8 heteroatoms. The van der Waals surface area contributed by atoms with Crippen LogP contribution in [0.4, 0.5) is 10.2 Å². The van der Waals surface area contributed by atoms with E-state index in [9.17, 15) is 0 Å². The summed E-state index contributed by atoms with van der Waals surface area (Å²) in [6, 6.07) is 0. The first-order chi connectivity index (χ1) is 16.5. The first kappa shape index (κ1) is 23.7. The number of aryl methyl sites for hydroxylation is 1. The number of H-pyrrole nitrogens is 1. The molecule has 35 heavy (non-hydrogen) atoms. The molecule has 5 heterocycles. The van der Waals surface area contributed by atoms with Crippen molar-refractivity contribution in [1.82, 2.24) is 29.5 Å². The molecule has 4 aromatic heterocycles. The van der Waals surface area contributed by atoms with Crippen LogP contribution < -0.4 is 4.90 Å². The zero-order chi connectivity index (χ0) is 25.1. The van der Waals surface area contributed by atoms with Gasteiger partial charge in [-0.2, -0.15) is 5.10 Å². The van der Waals surface area contributed by atoms with E-state index in [1.165, 1.54) is 0 Å². The van der Waals surface area contributed by atoms with Crippen LogP contribution in [-0.4, -0.2) is 62.2 Å². The van der Waals surface area contributed by atoms with Crippen LogP contribution in [-0.2, 0) is 0 Å². The minimum Gasteiger partial charge on any atom is -0.353 e. The predicted octanol–water partition coefficient (Wildman–Crippen LogP) is 5.32. The summed E-state index contributed by atoms with van der Waals surface area (Å²) < 4.78 is 18.0. The highest BCUT2D eigenvalue weighted by Gasteiger charge is 2.28. The molecule has 0 aliphatic carbocycles. The number of hydrogen-bond acceptors (Lipinski definition) is 5. The Bertz CT molecular complexity index is 1380. The standard InChI is InChI=1S/C27H36FN7/c1-16(2)21-22-20(32-24(21)19-13-35-25(30-15-31-35)18(4)17(19)3)12-29-26(23(22)28)34-10-8-33(9-11-34)14-27(5,6)7/h12-13,15-16,32H,8-11,14H2,1-7H3. The number of hydrogen-bond donors (Lipinski definition) is 1. The molecule has 1 aliphatic rings. The third-order valence-electron chi connectivity index (χ3n) is 7.14. The molecule has 186 valence electrons. The summed E-state index contributed by atoms with van der Waals surface area (Å²) in [5, 5.41) is 5.00.